The Balaban J connectivity index is 2.39. The lowest BCUT2D eigenvalue weighted by molar-refractivity contribution is 0.751. The molecule has 2 heteroatoms. The van der Waals surface area contributed by atoms with Crippen LogP contribution in [0.3, 0.4) is 0 Å². The second-order valence-electron chi connectivity index (χ2n) is 3.00. The second-order valence-corrected chi connectivity index (χ2v) is 5.43. The van der Waals surface area contributed by atoms with Crippen molar-refractivity contribution >= 4 is 27.7 Å². The van der Waals surface area contributed by atoms with E-state index in [9.17, 15) is 0 Å². The van der Waals surface area contributed by atoms with Gasteiger partial charge in [-0.1, -0.05) is 41.4 Å². The predicted molar refractivity (Wildman–Crippen MR) is 57.6 cm³/mol. The summed E-state index contributed by atoms with van der Waals surface area (Å²) in [5, 5.41) is 0.690. The van der Waals surface area contributed by atoms with Crippen LogP contribution in [-0.4, -0.2) is 15.8 Å². The first-order valence-corrected chi connectivity index (χ1v) is 6.15. The van der Waals surface area contributed by atoms with Gasteiger partial charge in [0.05, 0.1) is 0 Å². The van der Waals surface area contributed by atoms with Crippen LogP contribution in [0, 0.1) is 0 Å². The fourth-order valence-electron chi connectivity index (χ4n) is 1.36. The number of hydrogen-bond acceptors (Lipinski definition) is 1. The van der Waals surface area contributed by atoms with Crippen molar-refractivity contribution in [1.82, 2.24) is 0 Å². The van der Waals surface area contributed by atoms with E-state index in [1.165, 1.54) is 30.6 Å². The Morgan fingerprint density at radius 3 is 3.00 bits per heavy atom. The summed E-state index contributed by atoms with van der Waals surface area (Å²) in [4.78, 5) is 0.660. The van der Waals surface area contributed by atoms with Crippen molar-refractivity contribution in [3.8, 4) is 0 Å². The zero-order chi connectivity index (χ0) is 8.27. The Labute approximate surface area is 82.0 Å². The van der Waals surface area contributed by atoms with Gasteiger partial charge in [0.25, 0.3) is 0 Å². The molecule has 0 aromatic rings. The van der Waals surface area contributed by atoms with Crippen molar-refractivity contribution in [2.24, 2.45) is 0 Å². The number of rotatable bonds is 3. The molecule has 0 spiro atoms. The molecule has 1 aliphatic heterocycles. The van der Waals surface area contributed by atoms with Gasteiger partial charge in [-0.15, -0.1) is 0 Å². The van der Waals surface area contributed by atoms with Crippen molar-refractivity contribution in [3.63, 3.8) is 0 Å². The van der Waals surface area contributed by atoms with Gasteiger partial charge in [0.15, 0.2) is 0 Å². The zero-order valence-corrected chi connectivity index (χ0v) is 9.38. The van der Waals surface area contributed by atoms with Crippen LogP contribution in [-0.2, 0) is 0 Å². The summed E-state index contributed by atoms with van der Waals surface area (Å²) in [6.45, 7) is 6.32. The molecule has 0 bridgehead atoms. The maximum Gasteiger partial charge on any atom is 0.0379 e. The van der Waals surface area contributed by atoms with Crippen molar-refractivity contribution in [2.45, 2.75) is 36.3 Å². The molecule has 0 aromatic carbocycles. The van der Waals surface area contributed by atoms with Gasteiger partial charge in [-0.25, -0.2) is 0 Å². The first-order chi connectivity index (χ1) is 5.25. The van der Waals surface area contributed by atoms with Gasteiger partial charge >= 0.3 is 0 Å². The number of halogens is 1. The van der Waals surface area contributed by atoms with Gasteiger partial charge in [-0.3, -0.25) is 0 Å². The van der Waals surface area contributed by atoms with E-state index in [-0.39, 0.29) is 0 Å². The Morgan fingerprint density at radius 2 is 2.55 bits per heavy atom. The fourth-order valence-corrected chi connectivity index (χ4v) is 3.99. The average Bonchev–Trinajstić information content (AvgIpc) is 2.36. The minimum Gasteiger partial charge on any atom is -0.153 e. The highest BCUT2D eigenvalue weighted by molar-refractivity contribution is 9.09. The van der Waals surface area contributed by atoms with E-state index in [1.54, 1.807) is 0 Å². The zero-order valence-electron chi connectivity index (χ0n) is 6.98. The van der Waals surface area contributed by atoms with E-state index in [0.29, 0.717) is 10.1 Å². The summed E-state index contributed by atoms with van der Waals surface area (Å²) in [5.74, 6) is 1.27. The van der Waals surface area contributed by atoms with E-state index in [1.807, 2.05) is 0 Å². The summed E-state index contributed by atoms with van der Waals surface area (Å²) in [7, 11) is 0. The molecule has 0 N–H and O–H groups in total. The maximum atomic E-state index is 4.09. The Morgan fingerprint density at radius 1 is 1.82 bits per heavy atom. The summed E-state index contributed by atoms with van der Waals surface area (Å²) < 4.78 is 0. The van der Waals surface area contributed by atoms with Gasteiger partial charge in [-0.05, 0) is 18.6 Å². The highest BCUT2D eigenvalue weighted by Gasteiger charge is 2.25. The summed E-state index contributed by atoms with van der Waals surface area (Å²) in [5.41, 5.74) is 1.44. The maximum absolute atomic E-state index is 4.09. The van der Waals surface area contributed by atoms with Crippen LogP contribution in [0.15, 0.2) is 12.2 Å². The predicted octanol–water partition coefficient (Wildman–Crippen LogP) is 3.61. The Bertz CT molecular complexity index is 144. The van der Waals surface area contributed by atoms with Gasteiger partial charge < -0.3 is 0 Å². The van der Waals surface area contributed by atoms with Crippen LogP contribution in [0.1, 0.15) is 26.2 Å². The smallest absolute Gasteiger partial charge is 0.0379 e. The highest BCUT2D eigenvalue weighted by atomic mass is 79.9. The molecular formula is C9H15BrS. The minimum atomic E-state index is 0.660. The van der Waals surface area contributed by atoms with Crippen molar-refractivity contribution in [3.05, 3.63) is 12.2 Å². The van der Waals surface area contributed by atoms with E-state index in [4.69, 9.17) is 0 Å². The largest absolute Gasteiger partial charge is 0.153 e. The molecule has 2 unspecified atom stereocenters. The third kappa shape index (κ3) is 2.51. The Hall–Kier alpha value is 0.570. The second kappa shape index (κ2) is 4.56. The number of thioether (sulfide) groups is 1. The molecule has 1 heterocycles. The number of hydrogen-bond donors (Lipinski definition) is 0. The van der Waals surface area contributed by atoms with Gasteiger partial charge in [0.1, 0.15) is 0 Å². The monoisotopic (exact) mass is 234 g/mol. The van der Waals surface area contributed by atoms with E-state index in [0.717, 1.165) is 0 Å². The molecular weight excluding hydrogens is 220 g/mol. The van der Waals surface area contributed by atoms with Crippen molar-refractivity contribution in [2.75, 3.05) is 5.75 Å². The lowest BCUT2D eigenvalue weighted by Gasteiger charge is -2.16. The molecule has 1 fully saturated rings. The lowest BCUT2D eigenvalue weighted by Crippen LogP contribution is -2.14. The van der Waals surface area contributed by atoms with Crippen LogP contribution < -0.4 is 0 Å². The molecule has 0 amide bonds. The third-order valence-electron chi connectivity index (χ3n) is 2.02. The molecule has 2 atom stereocenters. The van der Waals surface area contributed by atoms with Gasteiger partial charge in [0, 0.05) is 10.1 Å². The summed E-state index contributed by atoms with van der Waals surface area (Å²) >= 11 is 5.78. The molecule has 0 saturated carbocycles. The first-order valence-electron chi connectivity index (χ1n) is 4.19. The van der Waals surface area contributed by atoms with E-state index < -0.39 is 0 Å². The summed E-state index contributed by atoms with van der Waals surface area (Å²) in [6.07, 6.45) is 3.76. The number of alkyl halides is 1. The van der Waals surface area contributed by atoms with E-state index >= 15 is 0 Å². The van der Waals surface area contributed by atoms with Crippen LogP contribution >= 0.6 is 27.7 Å². The molecule has 0 radical (unpaired) electrons. The van der Waals surface area contributed by atoms with Crippen LogP contribution in [0.5, 0.6) is 0 Å². The molecule has 0 nitrogen and oxygen atoms in total. The van der Waals surface area contributed by atoms with Gasteiger partial charge in [-0.2, -0.15) is 11.8 Å². The standard InChI is InChI=1S/C9H15BrS/c1-3-4-8(10)9-7(2)5-6-11-9/h8-9H,2-6H2,1H3. The molecule has 0 aromatic heterocycles. The molecule has 1 rings (SSSR count). The fraction of sp³-hybridized carbons (Fsp3) is 0.778. The van der Waals surface area contributed by atoms with Gasteiger partial charge in [0.2, 0.25) is 0 Å². The molecule has 0 aliphatic carbocycles. The topological polar surface area (TPSA) is 0 Å². The molecule has 1 aliphatic rings. The van der Waals surface area contributed by atoms with Crippen LogP contribution in [0.4, 0.5) is 0 Å². The highest BCUT2D eigenvalue weighted by Crippen LogP contribution is 2.37. The summed E-state index contributed by atoms with van der Waals surface area (Å²) in [6, 6.07) is 0. The van der Waals surface area contributed by atoms with Crippen molar-refractivity contribution in [1.29, 1.82) is 0 Å². The lowest BCUT2D eigenvalue weighted by atomic mass is 10.1. The quantitative estimate of drug-likeness (QED) is 0.532. The van der Waals surface area contributed by atoms with Crippen LogP contribution in [0.25, 0.3) is 0 Å². The van der Waals surface area contributed by atoms with Crippen LogP contribution in [0.2, 0.25) is 0 Å². The first kappa shape index (κ1) is 9.66. The molecule has 1 saturated heterocycles. The SMILES string of the molecule is C=C1CCSC1C(Br)CCC. The van der Waals surface area contributed by atoms with Crippen molar-refractivity contribution < 1.29 is 0 Å². The normalized spacial score (nSPS) is 27.5. The Kier molecular flexibility index (Phi) is 4.00. The average molecular weight is 235 g/mol. The third-order valence-corrected chi connectivity index (χ3v) is 4.81. The van der Waals surface area contributed by atoms with E-state index in [2.05, 4.69) is 41.2 Å². The minimum absolute atomic E-state index is 0.660. The molecule has 64 valence electrons. The molecule has 11 heavy (non-hydrogen) atoms.